The smallest absolute Gasteiger partial charge is 0.330 e. The average Bonchev–Trinajstić information content (AvgIpc) is 2.74. The van der Waals surface area contributed by atoms with E-state index in [4.69, 9.17) is 9.47 Å². The minimum absolute atomic E-state index is 0.312. The zero-order chi connectivity index (χ0) is 21.6. The molecule has 6 heteroatoms. The van der Waals surface area contributed by atoms with Crippen molar-refractivity contribution >= 4 is 24.1 Å². The third-order valence-electron chi connectivity index (χ3n) is 4.09. The number of esters is 2. The molecular formula is C24H24F2O4. The summed E-state index contributed by atoms with van der Waals surface area (Å²) in [6.07, 6.45) is 8.89. The van der Waals surface area contributed by atoms with Crippen molar-refractivity contribution in [2.45, 2.75) is 25.7 Å². The largest absolute Gasteiger partial charge is 0.463 e. The molecule has 30 heavy (non-hydrogen) atoms. The average molecular weight is 414 g/mol. The number of hydrogen-bond donors (Lipinski definition) is 0. The first kappa shape index (κ1) is 23.0. The van der Waals surface area contributed by atoms with Crippen molar-refractivity contribution in [3.05, 3.63) is 83.4 Å². The van der Waals surface area contributed by atoms with Crippen molar-refractivity contribution in [2.75, 3.05) is 13.2 Å². The second-order valence-electron chi connectivity index (χ2n) is 6.52. The first-order valence-electron chi connectivity index (χ1n) is 9.74. The summed E-state index contributed by atoms with van der Waals surface area (Å²) in [6, 6.07) is 11.6. The molecule has 0 atom stereocenters. The Morgan fingerprint density at radius 2 is 1.00 bits per heavy atom. The maximum Gasteiger partial charge on any atom is 0.330 e. The Morgan fingerprint density at radius 3 is 1.37 bits per heavy atom. The molecule has 0 aromatic heterocycles. The molecule has 158 valence electrons. The van der Waals surface area contributed by atoms with Crippen molar-refractivity contribution in [1.29, 1.82) is 0 Å². The molecular weight excluding hydrogens is 390 g/mol. The Bertz CT molecular complexity index is 782. The molecule has 2 rings (SSSR count). The Balaban J connectivity index is 1.48. The van der Waals surface area contributed by atoms with E-state index in [-0.39, 0.29) is 11.6 Å². The van der Waals surface area contributed by atoms with Crippen LogP contribution in [0.5, 0.6) is 0 Å². The fraction of sp³-hybridized carbons (Fsp3) is 0.250. The summed E-state index contributed by atoms with van der Waals surface area (Å²) in [6.45, 7) is 0.625. The Morgan fingerprint density at radius 1 is 0.633 bits per heavy atom. The fourth-order valence-electron chi connectivity index (χ4n) is 2.48. The van der Waals surface area contributed by atoms with Crippen molar-refractivity contribution in [2.24, 2.45) is 0 Å². The molecule has 0 N–H and O–H groups in total. The SMILES string of the molecule is O=C(/C=C/c1ccc(F)cc1)OCCCCCCOC(=O)/C=C/c1ccc(F)cc1. The van der Waals surface area contributed by atoms with E-state index < -0.39 is 11.9 Å². The van der Waals surface area contributed by atoms with E-state index in [9.17, 15) is 18.4 Å². The van der Waals surface area contributed by atoms with E-state index in [1.807, 2.05) is 0 Å². The van der Waals surface area contributed by atoms with Gasteiger partial charge in [0.25, 0.3) is 0 Å². The van der Waals surface area contributed by atoms with Gasteiger partial charge in [0.15, 0.2) is 0 Å². The van der Waals surface area contributed by atoms with Crippen molar-refractivity contribution in [3.8, 4) is 0 Å². The number of halogens is 2. The molecule has 0 amide bonds. The van der Waals surface area contributed by atoms with E-state index >= 15 is 0 Å². The number of benzene rings is 2. The normalized spacial score (nSPS) is 11.1. The molecule has 0 bridgehead atoms. The van der Waals surface area contributed by atoms with Gasteiger partial charge in [0.05, 0.1) is 13.2 Å². The first-order chi connectivity index (χ1) is 14.5. The minimum atomic E-state index is -0.443. The molecule has 4 nitrogen and oxygen atoms in total. The molecule has 0 saturated heterocycles. The summed E-state index contributed by atoms with van der Waals surface area (Å²) in [7, 11) is 0. The number of carbonyl (C=O) groups excluding carboxylic acids is 2. The van der Waals surface area contributed by atoms with Crippen LogP contribution in [0.25, 0.3) is 12.2 Å². The van der Waals surface area contributed by atoms with Crippen LogP contribution in [-0.4, -0.2) is 25.2 Å². The van der Waals surface area contributed by atoms with Gasteiger partial charge in [-0.15, -0.1) is 0 Å². The standard InChI is InChI=1S/C24H24F2O4/c25-21-11-5-19(6-12-21)9-15-23(27)29-17-3-1-2-4-18-30-24(28)16-10-20-7-13-22(26)14-8-20/h5-16H,1-4,17-18H2/b15-9+,16-10+. The van der Waals surface area contributed by atoms with Crippen LogP contribution < -0.4 is 0 Å². The molecule has 0 saturated carbocycles. The van der Waals surface area contributed by atoms with Crippen LogP contribution in [0.2, 0.25) is 0 Å². The van der Waals surface area contributed by atoms with E-state index in [1.165, 1.54) is 36.4 Å². The molecule has 2 aromatic carbocycles. The molecule has 0 heterocycles. The lowest BCUT2D eigenvalue weighted by molar-refractivity contribution is -0.139. The number of hydrogen-bond acceptors (Lipinski definition) is 4. The monoisotopic (exact) mass is 414 g/mol. The third-order valence-corrected chi connectivity index (χ3v) is 4.09. The van der Waals surface area contributed by atoms with Crippen LogP contribution in [0.1, 0.15) is 36.8 Å². The highest BCUT2D eigenvalue weighted by Crippen LogP contribution is 2.07. The summed E-state index contributed by atoms with van der Waals surface area (Å²) in [5, 5.41) is 0. The Kier molecular flexibility index (Phi) is 10.00. The maximum absolute atomic E-state index is 12.8. The molecule has 2 aromatic rings. The van der Waals surface area contributed by atoms with Gasteiger partial charge in [-0.25, -0.2) is 18.4 Å². The summed E-state index contributed by atoms with van der Waals surface area (Å²) < 4.78 is 35.8. The van der Waals surface area contributed by atoms with Gasteiger partial charge in [0.1, 0.15) is 11.6 Å². The summed E-state index contributed by atoms with van der Waals surface area (Å²) in [4.78, 5) is 23.2. The predicted molar refractivity (Wildman–Crippen MR) is 111 cm³/mol. The second-order valence-corrected chi connectivity index (χ2v) is 6.52. The van der Waals surface area contributed by atoms with Crippen molar-refractivity contribution in [1.82, 2.24) is 0 Å². The molecule has 0 aliphatic carbocycles. The van der Waals surface area contributed by atoms with Crippen LogP contribution in [0.3, 0.4) is 0 Å². The van der Waals surface area contributed by atoms with Crippen LogP contribution in [-0.2, 0) is 19.1 Å². The van der Waals surface area contributed by atoms with Crippen LogP contribution in [0, 0.1) is 11.6 Å². The van der Waals surface area contributed by atoms with Crippen molar-refractivity contribution in [3.63, 3.8) is 0 Å². The second kappa shape index (κ2) is 13.0. The lowest BCUT2D eigenvalue weighted by atomic mass is 10.2. The van der Waals surface area contributed by atoms with E-state index in [0.717, 1.165) is 24.0 Å². The van der Waals surface area contributed by atoms with Gasteiger partial charge in [-0.2, -0.15) is 0 Å². The highest BCUT2D eigenvalue weighted by atomic mass is 19.1. The van der Waals surface area contributed by atoms with E-state index in [1.54, 1.807) is 36.4 Å². The van der Waals surface area contributed by atoms with Gasteiger partial charge in [-0.05, 0) is 73.2 Å². The van der Waals surface area contributed by atoms with Crippen molar-refractivity contribution < 1.29 is 27.8 Å². The van der Waals surface area contributed by atoms with Gasteiger partial charge in [0.2, 0.25) is 0 Å². The minimum Gasteiger partial charge on any atom is -0.463 e. The highest BCUT2D eigenvalue weighted by molar-refractivity contribution is 5.87. The van der Waals surface area contributed by atoms with Gasteiger partial charge in [-0.3, -0.25) is 0 Å². The first-order valence-corrected chi connectivity index (χ1v) is 9.74. The Labute approximate surface area is 174 Å². The van der Waals surface area contributed by atoms with Gasteiger partial charge >= 0.3 is 11.9 Å². The molecule has 0 unspecified atom stereocenters. The van der Waals surface area contributed by atoms with Gasteiger partial charge in [-0.1, -0.05) is 24.3 Å². The lowest BCUT2D eigenvalue weighted by Gasteiger charge is -2.03. The van der Waals surface area contributed by atoms with Gasteiger partial charge in [0, 0.05) is 12.2 Å². The summed E-state index contributed by atoms with van der Waals surface area (Å²) in [5.41, 5.74) is 1.44. The van der Waals surface area contributed by atoms with Crippen LogP contribution >= 0.6 is 0 Å². The molecule has 0 spiro atoms. The van der Waals surface area contributed by atoms with Crippen LogP contribution in [0.4, 0.5) is 8.78 Å². The number of carbonyl (C=O) groups is 2. The number of unbranched alkanes of at least 4 members (excludes halogenated alkanes) is 3. The Hall–Kier alpha value is -3.28. The van der Waals surface area contributed by atoms with Crippen LogP contribution in [0.15, 0.2) is 60.7 Å². The van der Waals surface area contributed by atoms with E-state index in [2.05, 4.69) is 0 Å². The third kappa shape index (κ3) is 9.78. The highest BCUT2D eigenvalue weighted by Gasteiger charge is 2.00. The maximum atomic E-state index is 12.8. The summed E-state index contributed by atoms with van der Waals surface area (Å²) >= 11 is 0. The lowest BCUT2D eigenvalue weighted by Crippen LogP contribution is -2.03. The summed E-state index contributed by atoms with van der Waals surface area (Å²) in [5.74, 6) is -1.54. The van der Waals surface area contributed by atoms with Gasteiger partial charge < -0.3 is 9.47 Å². The number of ether oxygens (including phenoxy) is 2. The molecule has 0 aliphatic heterocycles. The number of rotatable bonds is 11. The predicted octanol–water partition coefficient (Wildman–Crippen LogP) is 5.34. The topological polar surface area (TPSA) is 52.6 Å². The zero-order valence-electron chi connectivity index (χ0n) is 16.6. The fourth-order valence-corrected chi connectivity index (χ4v) is 2.48. The van der Waals surface area contributed by atoms with E-state index in [0.29, 0.717) is 26.1 Å². The zero-order valence-corrected chi connectivity index (χ0v) is 16.6. The molecule has 0 fully saturated rings. The molecule has 0 radical (unpaired) electrons. The quantitative estimate of drug-likeness (QED) is 0.283. The molecule has 0 aliphatic rings.